The fraction of sp³-hybridized carbons (Fsp3) is 0. The van der Waals surface area contributed by atoms with E-state index in [-0.39, 0.29) is 35.9 Å². The number of rotatable bonds is 0. The van der Waals surface area contributed by atoms with Crippen molar-refractivity contribution in [3.05, 3.63) is 0 Å². The normalized spacial score (nSPS) is 1.25. The minimum absolute atomic E-state index is 0. The van der Waals surface area contributed by atoms with Gasteiger partial charge in [0.2, 0.25) is 0 Å². The van der Waals surface area contributed by atoms with Crippen molar-refractivity contribution in [2.24, 2.45) is 0 Å². The van der Waals surface area contributed by atoms with Crippen molar-refractivity contribution in [3.8, 4) is 0 Å². The Balaban J connectivity index is -0.00000000500. The van der Waals surface area contributed by atoms with E-state index >= 15 is 0 Å². The molecule has 0 unspecified atom stereocenters. The van der Waals surface area contributed by atoms with Crippen LogP contribution in [0.3, 0.4) is 0 Å². The fourth-order valence-corrected chi connectivity index (χ4v) is 0. The van der Waals surface area contributed by atoms with Gasteiger partial charge in [0.15, 0.2) is 0 Å². The Labute approximate surface area is 55.3 Å². The number of hydrogen-bond acceptors (Lipinski definition) is 1. The Kier molecular flexibility index (Phi) is 116. The number of hydrogen-bond donors (Lipinski definition) is 0. The molecule has 0 saturated heterocycles. The van der Waals surface area contributed by atoms with Crippen LogP contribution in [0.4, 0.5) is 0 Å². The van der Waals surface area contributed by atoms with Crippen molar-refractivity contribution in [2.75, 3.05) is 0 Å². The van der Waals surface area contributed by atoms with Crippen LogP contribution in [0.1, 0.15) is 0 Å². The first kappa shape index (κ1) is 18.1. The van der Waals surface area contributed by atoms with Crippen molar-refractivity contribution in [3.63, 3.8) is 0 Å². The predicted molar refractivity (Wildman–Crippen MR) is 6.44 cm³/mol. The third-order valence-corrected chi connectivity index (χ3v) is 0. The summed E-state index contributed by atoms with van der Waals surface area (Å²) in [6.07, 6.45) is 0. The monoisotopic (exact) mass is 145 g/mol. The van der Waals surface area contributed by atoms with E-state index in [2.05, 4.69) is 15.7 Å². The molecule has 0 heterocycles. The molecular formula is CoCuLiO. The quantitative estimate of drug-likeness (QED) is 0.420. The van der Waals surface area contributed by atoms with Gasteiger partial charge in [0.25, 0.3) is 0 Å². The molecule has 0 aliphatic rings. The molecule has 0 amide bonds. The Morgan fingerprint density at radius 1 is 1.25 bits per heavy atom. The van der Waals surface area contributed by atoms with Crippen LogP contribution in [0.15, 0.2) is 0 Å². The summed E-state index contributed by atoms with van der Waals surface area (Å²) < 4.78 is 7.94. The van der Waals surface area contributed by atoms with Crippen LogP contribution in [0.25, 0.3) is 0 Å². The topological polar surface area (TPSA) is 17.1 Å². The summed E-state index contributed by atoms with van der Waals surface area (Å²) >= 11 is 2.31. The van der Waals surface area contributed by atoms with Gasteiger partial charge in [-0.2, -0.15) is 0 Å². The van der Waals surface area contributed by atoms with Crippen molar-refractivity contribution in [2.45, 2.75) is 0 Å². The SMILES string of the molecule is [Cu].[Li].[O]=[Co]. The van der Waals surface area contributed by atoms with E-state index in [1.165, 1.54) is 0 Å². The molecule has 0 saturated carbocycles. The molecule has 0 fully saturated rings. The zero-order valence-electron chi connectivity index (χ0n) is 2.04. The Morgan fingerprint density at radius 2 is 1.25 bits per heavy atom. The van der Waals surface area contributed by atoms with E-state index in [1.54, 1.807) is 0 Å². The molecule has 4 heteroatoms. The first-order valence-electron chi connectivity index (χ1n) is 0.136. The molecule has 0 aromatic heterocycles. The van der Waals surface area contributed by atoms with E-state index in [0.717, 1.165) is 0 Å². The average Bonchev–Trinajstić information content (AvgIpc) is 1.00. The van der Waals surface area contributed by atoms with Crippen LogP contribution in [0.5, 0.6) is 0 Å². The second kappa shape index (κ2) is 25.6. The van der Waals surface area contributed by atoms with Crippen molar-refractivity contribution < 1.29 is 36.6 Å². The molecular weight excluding hydrogens is 145 g/mol. The van der Waals surface area contributed by atoms with Gasteiger partial charge in [-0.3, -0.25) is 0 Å². The van der Waals surface area contributed by atoms with Crippen LogP contribution in [0, 0.1) is 0 Å². The summed E-state index contributed by atoms with van der Waals surface area (Å²) in [5.41, 5.74) is 0. The van der Waals surface area contributed by atoms with Gasteiger partial charge in [-0.05, 0) is 0 Å². The predicted octanol–water partition coefficient (Wildman–Crippen LogP) is -0.505. The summed E-state index contributed by atoms with van der Waals surface area (Å²) in [4.78, 5) is 0. The fourth-order valence-electron chi connectivity index (χ4n) is 0. The summed E-state index contributed by atoms with van der Waals surface area (Å²) in [6.45, 7) is 0. The van der Waals surface area contributed by atoms with Crippen LogP contribution < -0.4 is 0 Å². The van der Waals surface area contributed by atoms with Gasteiger partial charge >= 0.3 is 19.5 Å². The molecule has 1 nitrogen and oxygen atoms in total. The van der Waals surface area contributed by atoms with Gasteiger partial charge in [-0.15, -0.1) is 0 Å². The van der Waals surface area contributed by atoms with Crippen molar-refractivity contribution >= 4 is 18.9 Å². The Bertz CT molecular complexity index is 8.00. The molecule has 2 radical (unpaired) electrons. The van der Waals surface area contributed by atoms with Gasteiger partial charge in [-0.1, -0.05) is 0 Å². The third-order valence-electron chi connectivity index (χ3n) is 0. The maximum atomic E-state index is 7.94. The van der Waals surface area contributed by atoms with E-state index in [1.807, 2.05) is 0 Å². The second-order valence-electron chi connectivity index (χ2n) is 0. The van der Waals surface area contributed by atoms with E-state index < -0.39 is 0 Å². The minimum atomic E-state index is 0. The molecule has 0 rings (SSSR count). The molecule has 0 aliphatic carbocycles. The maximum absolute atomic E-state index is 7.94. The summed E-state index contributed by atoms with van der Waals surface area (Å²) in [5.74, 6) is 0. The van der Waals surface area contributed by atoms with Gasteiger partial charge in [0, 0.05) is 35.9 Å². The van der Waals surface area contributed by atoms with Crippen LogP contribution in [-0.4, -0.2) is 18.9 Å². The first-order valence-corrected chi connectivity index (χ1v) is 0.561. The molecule has 0 spiro atoms. The van der Waals surface area contributed by atoms with Gasteiger partial charge in [0.05, 0.1) is 0 Å². The summed E-state index contributed by atoms with van der Waals surface area (Å²) in [5, 5.41) is 0. The first-order chi connectivity index (χ1) is 1.00. The molecule has 27 valence electrons. The standard InChI is InChI=1S/Co.Cu.Li.O. The van der Waals surface area contributed by atoms with Gasteiger partial charge in [0.1, 0.15) is 0 Å². The Hall–Kier alpha value is 1.42. The molecule has 0 bridgehead atoms. The molecule has 0 aliphatic heterocycles. The molecule has 0 aromatic carbocycles. The van der Waals surface area contributed by atoms with Crippen LogP contribution in [-0.2, 0) is 36.6 Å². The molecule has 0 atom stereocenters. The molecule has 4 heavy (non-hydrogen) atoms. The summed E-state index contributed by atoms with van der Waals surface area (Å²) in [6, 6.07) is 0. The van der Waals surface area contributed by atoms with E-state index in [0.29, 0.717) is 0 Å². The third kappa shape index (κ3) is 9.92. The van der Waals surface area contributed by atoms with E-state index in [9.17, 15) is 0 Å². The van der Waals surface area contributed by atoms with Gasteiger partial charge < -0.3 is 0 Å². The molecule has 0 aromatic rings. The van der Waals surface area contributed by atoms with Crippen molar-refractivity contribution in [1.29, 1.82) is 0 Å². The van der Waals surface area contributed by atoms with Gasteiger partial charge in [-0.25, -0.2) is 0 Å². The Morgan fingerprint density at radius 3 is 1.25 bits per heavy atom. The van der Waals surface area contributed by atoms with Crippen LogP contribution >= 0.6 is 0 Å². The second-order valence-corrected chi connectivity index (χ2v) is 0. The van der Waals surface area contributed by atoms with Crippen LogP contribution in [0.2, 0.25) is 0 Å². The zero-order chi connectivity index (χ0) is 2.00. The summed E-state index contributed by atoms with van der Waals surface area (Å²) in [7, 11) is 0. The zero-order valence-corrected chi connectivity index (χ0v) is 4.03. The molecule has 0 N–H and O–H groups in total. The van der Waals surface area contributed by atoms with Crippen molar-refractivity contribution in [1.82, 2.24) is 0 Å². The average molecular weight is 145 g/mol. The van der Waals surface area contributed by atoms with E-state index in [4.69, 9.17) is 3.87 Å².